The molecular formula is C19H30BrN3O2. The van der Waals surface area contributed by atoms with E-state index in [1.807, 2.05) is 6.07 Å². The van der Waals surface area contributed by atoms with Crippen LogP contribution in [0.4, 0.5) is 0 Å². The summed E-state index contributed by atoms with van der Waals surface area (Å²) in [6, 6.07) is 8.31. The van der Waals surface area contributed by atoms with Gasteiger partial charge in [-0.05, 0) is 24.5 Å². The topological polar surface area (TPSA) is 65.9 Å². The zero-order chi connectivity index (χ0) is 18.3. The molecule has 1 saturated heterocycles. The van der Waals surface area contributed by atoms with Crippen LogP contribution in [0.3, 0.4) is 0 Å². The minimum atomic E-state index is -0.0447. The van der Waals surface area contributed by atoms with Crippen molar-refractivity contribution in [1.29, 1.82) is 0 Å². The Hall–Kier alpha value is -1.11. The molecule has 1 aromatic carbocycles. The molecule has 1 aromatic rings. The van der Waals surface area contributed by atoms with E-state index in [0.717, 1.165) is 43.0 Å². The van der Waals surface area contributed by atoms with Crippen molar-refractivity contribution >= 4 is 21.9 Å². The van der Waals surface area contributed by atoms with E-state index in [1.165, 1.54) is 5.56 Å². The van der Waals surface area contributed by atoms with Gasteiger partial charge < -0.3 is 20.5 Å². The highest BCUT2D eigenvalue weighted by Crippen LogP contribution is 2.31. The molecule has 0 aromatic heterocycles. The first-order valence-electron chi connectivity index (χ1n) is 8.81. The molecule has 1 atom stereocenters. The average molecular weight is 412 g/mol. The van der Waals surface area contributed by atoms with Crippen LogP contribution in [-0.4, -0.2) is 51.0 Å². The normalized spacial score (nSPS) is 21.4. The number of aliphatic hydroxyl groups is 1. The van der Waals surface area contributed by atoms with Crippen molar-refractivity contribution in [2.24, 2.45) is 10.4 Å². The fourth-order valence-corrected chi connectivity index (χ4v) is 4.03. The Bertz CT molecular complexity index is 584. The van der Waals surface area contributed by atoms with E-state index in [9.17, 15) is 5.11 Å². The molecule has 3 N–H and O–H groups in total. The summed E-state index contributed by atoms with van der Waals surface area (Å²) in [6.45, 7) is 7.59. The number of aliphatic imine (C=N–C) groups is 1. The Balaban J connectivity index is 1.93. The van der Waals surface area contributed by atoms with Crippen LogP contribution in [0.1, 0.15) is 32.3 Å². The molecule has 1 heterocycles. The quantitative estimate of drug-likeness (QED) is 0.476. The summed E-state index contributed by atoms with van der Waals surface area (Å²) in [7, 11) is 1.78. The Morgan fingerprint density at radius 1 is 1.36 bits per heavy atom. The van der Waals surface area contributed by atoms with Crippen molar-refractivity contribution in [2.75, 3.05) is 40.0 Å². The molecule has 6 heteroatoms. The van der Waals surface area contributed by atoms with Gasteiger partial charge in [-0.15, -0.1) is 0 Å². The van der Waals surface area contributed by atoms with Crippen LogP contribution in [-0.2, 0) is 10.2 Å². The molecule has 5 nitrogen and oxygen atoms in total. The number of aliphatic hydroxyl groups excluding tert-OH is 1. The number of rotatable bonds is 7. The first-order valence-corrected chi connectivity index (χ1v) is 9.60. The molecule has 0 aliphatic carbocycles. The van der Waals surface area contributed by atoms with E-state index in [-0.39, 0.29) is 17.4 Å². The Kier molecular flexibility index (Phi) is 7.28. The molecule has 2 rings (SSSR count). The number of hydrogen-bond acceptors (Lipinski definition) is 3. The Morgan fingerprint density at radius 3 is 2.72 bits per heavy atom. The minimum Gasteiger partial charge on any atom is -0.396 e. The number of nitrogens with zero attached hydrogens (tertiary/aromatic N) is 1. The highest BCUT2D eigenvalue weighted by molar-refractivity contribution is 9.10. The summed E-state index contributed by atoms with van der Waals surface area (Å²) < 4.78 is 6.67. The number of halogens is 1. The summed E-state index contributed by atoms with van der Waals surface area (Å²) in [6.07, 6.45) is 1.72. The second-order valence-electron chi connectivity index (χ2n) is 7.42. The van der Waals surface area contributed by atoms with Gasteiger partial charge in [0, 0.05) is 48.7 Å². The zero-order valence-electron chi connectivity index (χ0n) is 15.4. The maximum absolute atomic E-state index is 9.34. The number of guanidine groups is 1. The van der Waals surface area contributed by atoms with Gasteiger partial charge in [0.2, 0.25) is 0 Å². The molecule has 0 radical (unpaired) electrons. The van der Waals surface area contributed by atoms with Crippen molar-refractivity contribution in [3.8, 4) is 0 Å². The standard InChI is InChI=1S/C19H30BrN3O2/c1-18(2,15-6-4-5-7-16(15)20)12-22-17(21-3)23-13-19(8-10-24)9-11-25-14-19/h4-7,24H,8-14H2,1-3H3,(H2,21,22,23). The lowest BCUT2D eigenvalue weighted by molar-refractivity contribution is 0.127. The van der Waals surface area contributed by atoms with Gasteiger partial charge in [0.05, 0.1) is 6.61 Å². The summed E-state index contributed by atoms with van der Waals surface area (Å²) in [5.41, 5.74) is 1.22. The predicted molar refractivity (Wildman–Crippen MR) is 106 cm³/mol. The van der Waals surface area contributed by atoms with Gasteiger partial charge >= 0.3 is 0 Å². The van der Waals surface area contributed by atoms with Gasteiger partial charge in [-0.25, -0.2) is 0 Å². The third kappa shape index (κ3) is 5.43. The third-order valence-electron chi connectivity index (χ3n) is 4.98. The lowest BCUT2D eigenvalue weighted by Crippen LogP contribution is -2.47. The van der Waals surface area contributed by atoms with Crippen molar-refractivity contribution in [2.45, 2.75) is 32.1 Å². The van der Waals surface area contributed by atoms with Gasteiger partial charge in [-0.2, -0.15) is 0 Å². The number of benzene rings is 1. The predicted octanol–water partition coefficient (Wildman–Crippen LogP) is 2.68. The second-order valence-corrected chi connectivity index (χ2v) is 8.27. The van der Waals surface area contributed by atoms with Gasteiger partial charge in [0.25, 0.3) is 0 Å². The first kappa shape index (κ1) is 20.2. The summed E-state index contributed by atoms with van der Waals surface area (Å²) in [5.74, 6) is 0.782. The van der Waals surface area contributed by atoms with E-state index < -0.39 is 0 Å². The molecule has 0 bridgehead atoms. The van der Waals surface area contributed by atoms with E-state index in [4.69, 9.17) is 4.74 Å². The van der Waals surface area contributed by atoms with Crippen LogP contribution >= 0.6 is 15.9 Å². The summed E-state index contributed by atoms with van der Waals surface area (Å²) >= 11 is 3.64. The van der Waals surface area contributed by atoms with Crippen LogP contribution in [0, 0.1) is 5.41 Å². The van der Waals surface area contributed by atoms with Gasteiger partial charge in [0.1, 0.15) is 0 Å². The van der Waals surface area contributed by atoms with E-state index in [0.29, 0.717) is 6.61 Å². The lowest BCUT2D eigenvalue weighted by Gasteiger charge is -2.30. The van der Waals surface area contributed by atoms with Crippen LogP contribution in [0.5, 0.6) is 0 Å². The molecule has 140 valence electrons. The number of ether oxygens (including phenoxy) is 1. The molecular weight excluding hydrogens is 382 g/mol. The van der Waals surface area contributed by atoms with Crippen molar-refractivity contribution < 1.29 is 9.84 Å². The monoisotopic (exact) mass is 411 g/mol. The van der Waals surface area contributed by atoms with Gasteiger partial charge in [-0.3, -0.25) is 4.99 Å². The number of hydrogen-bond donors (Lipinski definition) is 3. The van der Waals surface area contributed by atoms with Crippen LogP contribution in [0.25, 0.3) is 0 Å². The van der Waals surface area contributed by atoms with Crippen LogP contribution < -0.4 is 10.6 Å². The van der Waals surface area contributed by atoms with Crippen LogP contribution in [0.15, 0.2) is 33.7 Å². The largest absolute Gasteiger partial charge is 0.396 e. The second kappa shape index (κ2) is 9.01. The maximum Gasteiger partial charge on any atom is 0.191 e. The third-order valence-corrected chi connectivity index (χ3v) is 5.67. The Morgan fingerprint density at radius 2 is 2.12 bits per heavy atom. The zero-order valence-corrected chi connectivity index (χ0v) is 17.0. The van der Waals surface area contributed by atoms with E-state index in [2.05, 4.69) is 63.6 Å². The molecule has 0 saturated carbocycles. The lowest BCUT2D eigenvalue weighted by atomic mass is 9.84. The fourth-order valence-electron chi connectivity index (χ4n) is 3.21. The smallest absolute Gasteiger partial charge is 0.191 e. The van der Waals surface area contributed by atoms with E-state index >= 15 is 0 Å². The Labute approximate surface area is 159 Å². The SMILES string of the molecule is CN=C(NCC1(CCO)CCOC1)NCC(C)(C)c1ccccc1Br. The van der Waals surface area contributed by atoms with Crippen molar-refractivity contribution in [3.63, 3.8) is 0 Å². The molecule has 25 heavy (non-hydrogen) atoms. The molecule has 1 fully saturated rings. The van der Waals surface area contributed by atoms with Crippen molar-refractivity contribution in [3.05, 3.63) is 34.3 Å². The van der Waals surface area contributed by atoms with Gasteiger partial charge in [0.15, 0.2) is 5.96 Å². The van der Waals surface area contributed by atoms with Crippen LogP contribution in [0.2, 0.25) is 0 Å². The highest BCUT2D eigenvalue weighted by atomic mass is 79.9. The fraction of sp³-hybridized carbons (Fsp3) is 0.632. The van der Waals surface area contributed by atoms with Crippen molar-refractivity contribution in [1.82, 2.24) is 10.6 Å². The summed E-state index contributed by atoms with van der Waals surface area (Å²) in [5, 5.41) is 16.2. The van der Waals surface area contributed by atoms with Gasteiger partial charge in [-0.1, -0.05) is 48.0 Å². The van der Waals surface area contributed by atoms with E-state index in [1.54, 1.807) is 7.05 Å². The minimum absolute atomic E-state index is 0.00431. The maximum atomic E-state index is 9.34. The highest BCUT2D eigenvalue weighted by Gasteiger charge is 2.34. The molecule has 1 aliphatic heterocycles. The average Bonchev–Trinajstić information content (AvgIpc) is 3.04. The molecule has 1 aliphatic rings. The molecule has 1 unspecified atom stereocenters. The number of nitrogens with one attached hydrogen (secondary N) is 2. The molecule has 0 spiro atoms. The summed E-state index contributed by atoms with van der Waals surface area (Å²) in [4.78, 5) is 4.34. The first-order chi connectivity index (χ1) is 11.9. The molecule has 0 amide bonds.